The Labute approximate surface area is 151 Å². The van der Waals surface area contributed by atoms with E-state index < -0.39 is 33.6 Å². The van der Waals surface area contributed by atoms with Crippen molar-refractivity contribution in [1.29, 1.82) is 0 Å². The summed E-state index contributed by atoms with van der Waals surface area (Å²) in [4.78, 5) is 46.9. The summed E-state index contributed by atoms with van der Waals surface area (Å²) >= 11 is 6.08. The first-order valence-electron chi connectivity index (χ1n) is 6.35. The Balaban J connectivity index is 3.10. The molecule has 24 heavy (non-hydrogen) atoms. The summed E-state index contributed by atoms with van der Waals surface area (Å²) in [5.74, 6) is -4.72. The maximum absolute atomic E-state index is 11.8. The van der Waals surface area contributed by atoms with Crippen LogP contribution in [0.25, 0.3) is 5.57 Å². The Bertz CT molecular complexity index is 848. The zero-order valence-electron chi connectivity index (χ0n) is 11.8. The van der Waals surface area contributed by atoms with Gasteiger partial charge in [-0.1, -0.05) is 22.0 Å². The number of carboxylic acid groups (broad SMARTS) is 2. The molecule has 1 unspecified atom stereocenters. The van der Waals surface area contributed by atoms with Gasteiger partial charge in [-0.25, -0.2) is 4.79 Å². The predicted octanol–water partition coefficient (Wildman–Crippen LogP) is 1.19. The lowest BCUT2D eigenvalue weighted by molar-refractivity contribution is -0.139. The quantitative estimate of drug-likeness (QED) is 0.492. The van der Waals surface area contributed by atoms with Gasteiger partial charge in [-0.2, -0.15) is 0 Å². The van der Waals surface area contributed by atoms with Gasteiger partial charge in [-0.15, -0.1) is 0 Å². The average Bonchev–Trinajstić information content (AvgIpc) is 2.45. The van der Waals surface area contributed by atoms with Crippen molar-refractivity contribution in [3.05, 3.63) is 38.9 Å². The minimum Gasteiger partial charge on any atom is -0.480 e. The monoisotopic (exact) mass is 460 g/mol. The molecule has 0 saturated heterocycles. The SMILES string of the molecule is NC(=O)C1=CCC(Br)(C(=O)O)c2c(C(=O)O)cc(Br)c(C(N)=O)c21. The van der Waals surface area contributed by atoms with Crippen LogP contribution in [0, 0.1) is 0 Å². The number of alkyl halides is 1. The van der Waals surface area contributed by atoms with Gasteiger partial charge in [0.05, 0.1) is 11.1 Å². The van der Waals surface area contributed by atoms with Crippen molar-refractivity contribution in [2.24, 2.45) is 11.5 Å². The molecule has 1 aromatic carbocycles. The fourth-order valence-corrected chi connectivity index (χ4v) is 3.80. The maximum Gasteiger partial charge on any atom is 0.336 e. The van der Waals surface area contributed by atoms with Crippen LogP contribution in [0.15, 0.2) is 16.6 Å². The number of carbonyl (C=O) groups is 4. The van der Waals surface area contributed by atoms with Gasteiger partial charge in [-0.3, -0.25) is 14.4 Å². The van der Waals surface area contributed by atoms with E-state index in [1.807, 2.05) is 0 Å². The molecule has 2 rings (SSSR count). The van der Waals surface area contributed by atoms with E-state index in [1.165, 1.54) is 6.08 Å². The van der Waals surface area contributed by atoms with Crippen molar-refractivity contribution in [2.75, 3.05) is 0 Å². The summed E-state index contributed by atoms with van der Waals surface area (Å²) in [6, 6.07) is 1.07. The fraction of sp³-hybridized carbons (Fsp3) is 0.143. The first-order valence-corrected chi connectivity index (χ1v) is 7.93. The highest BCUT2D eigenvalue weighted by Gasteiger charge is 2.46. The number of amides is 2. The number of allylic oxidation sites excluding steroid dienone is 1. The number of nitrogens with two attached hydrogens (primary N) is 2. The number of halogens is 2. The highest BCUT2D eigenvalue weighted by atomic mass is 79.9. The molecule has 0 bridgehead atoms. The topological polar surface area (TPSA) is 161 Å². The number of aromatic carboxylic acids is 1. The summed E-state index contributed by atoms with van der Waals surface area (Å²) in [5, 5.41) is 19.0. The highest BCUT2D eigenvalue weighted by Crippen LogP contribution is 2.48. The third-order valence-corrected chi connectivity index (χ3v) is 5.30. The molecule has 1 atom stereocenters. The zero-order chi connectivity index (χ0) is 18.4. The number of carboxylic acids is 2. The Morgan fingerprint density at radius 2 is 1.71 bits per heavy atom. The Hall–Kier alpha value is -2.20. The maximum atomic E-state index is 11.8. The first-order chi connectivity index (χ1) is 11.0. The molecule has 0 aliphatic heterocycles. The van der Waals surface area contributed by atoms with Crippen molar-refractivity contribution in [2.45, 2.75) is 10.7 Å². The van der Waals surface area contributed by atoms with Gasteiger partial charge in [0.1, 0.15) is 0 Å². The second kappa shape index (κ2) is 6.02. The molecule has 0 saturated carbocycles. The lowest BCUT2D eigenvalue weighted by Gasteiger charge is -2.32. The third-order valence-electron chi connectivity index (χ3n) is 3.61. The van der Waals surface area contributed by atoms with Gasteiger partial charge in [0, 0.05) is 21.2 Å². The van der Waals surface area contributed by atoms with Crippen LogP contribution >= 0.6 is 31.9 Å². The lowest BCUT2D eigenvalue weighted by Crippen LogP contribution is -2.37. The van der Waals surface area contributed by atoms with Crippen molar-refractivity contribution in [3.63, 3.8) is 0 Å². The molecule has 1 aliphatic carbocycles. The number of aliphatic carboxylic acids is 1. The molecule has 0 heterocycles. The van der Waals surface area contributed by atoms with Crippen LogP contribution in [0.5, 0.6) is 0 Å². The fourth-order valence-electron chi connectivity index (χ4n) is 2.61. The molecule has 126 valence electrons. The van der Waals surface area contributed by atoms with E-state index in [4.69, 9.17) is 11.5 Å². The van der Waals surface area contributed by atoms with Crippen LogP contribution in [0.4, 0.5) is 0 Å². The predicted molar refractivity (Wildman–Crippen MR) is 89.6 cm³/mol. The van der Waals surface area contributed by atoms with Gasteiger partial charge in [0.25, 0.3) is 0 Å². The van der Waals surface area contributed by atoms with Crippen LogP contribution in [0.1, 0.15) is 38.3 Å². The summed E-state index contributed by atoms with van der Waals surface area (Å²) in [7, 11) is 0. The van der Waals surface area contributed by atoms with Gasteiger partial charge >= 0.3 is 11.9 Å². The molecule has 0 aromatic heterocycles. The zero-order valence-corrected chi connectivity index (χ0v) is 15.0. The molecule has 0 radical (unpaired) electrons. The van der Waals surface area contributed by atoms with Crippen LogP contribution < -0.4 is 11.5 Å². The normalized spacial score (nSPS) is 19.2. The van der Waals surface area contributed by atoms with Crippen LogP contribution in [-0.2, 0) is 13.9 Å². The van der Waals surface area contributed by atoms with E-state index in [0.29, 0.717) is 0 Å². The minimum absolute atomic E-state index is 0.0143. The van der Waals surface area contributed by atoms with Gasteiger partial charge in [0.15, 0.2) is 4.32 Å². The molecule has 1 aliphatic rings. The molecular formula is C14H10Br2N2O6. The van der Waals surface area contributed by atoms with E-state index in [0.717, 1.165) is 6.07 Å². The van der Waals surface area contributed by atoms with Gasteiger partial charge in [0.2, 0.25) is 11.8 Å². The molecule has 10 heteroatoms. The van der Waals surface area contributed by atoms with Crippen LogP contribution in [-0.4, -0.2) is 34.0 Å². The molecule has 6 N–H and O–H groups in total. The lowest BCUT2D eigenvalue weighted by atomic mass is 9.77. The van der Waals surface area contributed by atoms with E-state index in [-0.39, 0.29) is 33.2 Å². The molecule has 0 fully saturated rings. The van der Waals surface area contributed by atoms with Gasteiger partial charge < -0.3 is 21.7 Å². The van der Waals surface area contributed by atoms with Crippen molar-refractivity contribution >= 4 is 61.2 Å². The Kier molecular flexibility index (Phi) is 4.55. The summed E-state index contributed by atoms with van der Waals surface area (Å²) in [6.45, 7) is 0. The largest absolute Gasteiger partial charge is 0.480 e. The first kappa shape index (κ1) is 18.1. The molecule has 8 nitrogen and oxygen atoms in total. The van der Waals surface area contributed by atoms with E-state index >= 15 is 0 Å². The second-order valence-electron chi connectivity index (χ2n) is 4.99. The summed E-state index contributed by atoms with van der Waals surface area (Å²) in [5.41, 5.74) is 9.40. The smallest absolute Gasteiger partial charge is 0.336 e. The molecular weight excluding hydrogens is 452 g/mol. The highest BCUT2D eigenvalue weighted by molar-refractivity contribution is 9.10. The standard InChI is InChI=1S/C14H10Br2N2O6/c15-6-3-5(12(21)22)9-7(8(6)11(18)20)4(10(17)19)1-2-14(9,16)13(23)24/h1,3H,2H2,(H2,17,19)(H2,18,20)(H,21,22)(H,23,24). The summed E-state index contributed by atoms with van der Waals surface area (Å²) in [6.07, 6.45) is 0.992. The number of fused-ring (bicyclic) bond motifs is 1. The van der Waals surface area contributed by atoms with Crippen molar-refractivity contribution < 1.29 is 29.4 Å². The van der Waals surface area contributed by atoms with Gasteiger partial charge in [-0.05, 0) is 28.4 Å². The summed E-state index contributed by atoms with van der Waals surface area (Å²) < 4.78 is -1.83. The van der Waals surface area contributed by atoms with E-state index in [1.54, 1.807) is 0 Å². The number of carbonyl (C=O) groups excluding carboxylic acids is 2. The number of primary amides is 2. The average molecular weight is 462 g/mol. The van der Waals surface area contributed by atoms with E-state index in [9.17, 15) is 29.4 Å². The molecule has 2 amide bonds. The number of rotatable bonds is 4. The van der Waals surface area contributed by atoms with Crippen molar-refractivity contribution in [1.82, 2.24) is 0 Å². The minimum atomic E-state index is -1.85. The number of hydrogen-bond donors (Lipinski definition) is 4. The number of benzene rings is 1. The second-order valence-corrected chi connectivity index (χ2v) is 7.20. The molecule has 1 aromatic rings. The van der Waals surface area contributed by atoms with Crippen LogP contribution in [0.2, 0.25) is 0 Å². The Morgan fingerprint density at radius 1 is 1.12 bits per heavy atom. The third kappa shape index (κ3) is 2.61. The van der Waals surface area contributed by atoms with E-state index in [2.05, 4.69) is 31.9 Å². The van der Waals surface area contributed by atoms with Crippen molar-refractivity contribution in [3.8, 4) is 0 Å². The molecule has 0 spiro atoms. The van der Waals surface area contributed by atoms with Crippen LogP contribution in [0.3, 0.4) is 0 Å². The Morgan fingerprint density at radius 3 is 2.12 bits per heavy atom. The number of hydrogen-bond acceptors (Lipinski definition) is 4.